The van der Waals surface area contributed by atoms with Crippen molar-refractivity contribution in [3.63, 3.8) is 0 Å². The molecule has 33 heavy (non-hydrogen) atoms. The van der Waals surface area contributed by atoms with Crippen molar-refractivity contribution in [2.45, 2.75) is 31.7 Å². The van der Waals surface area contributed by atoms with Gasteiger partial charge in [-0.25, -0.2) is 23.4 Å². The van der Waals surface area contributed by atoms with Gasteiger partial charge in [0.1, 0.15) is 5.52 Å². The van der Waals surface area contributed by atoms with E-state index in [1.165, 1.54) is 0 Å². The van der Waals surface area contributed by atoms with Gasteiger partial charge in [-0.15, -0.1) is 0 Å². The number of aromatic nitrogens is 5. The van der Waals surface area contributed by atoms with Crippen molar-refractivity contribution < 1.29 is 13.5 Å². The molecular weight excluding hydrogens is 428 g/mol. The zero-order valence-corrected chi connectivity index (χ0v) is 18.4. The summed E-state index contributed by atoms with van der Waals surface area (Å²) in [7, 11) is 0. The van der Waals surface area contributed by atoms with Crippen LogP contribution in [0.25, 0.3) is 28.0 Å². The van der Waals surface area contributed by atoms with Gasteiger partial charge in [-0.3, -0.25) is 4.57 Å². The molecule has 1 atom stereocenters. The third kappa shape index (κ3) is 3.49. The number of nitrogens with zero attached hydrogens (tertiary/aromatic N) is 7. The Hall–Kier alpha value is -3.27. The van der Waals surface area contributed by atoms with Gasteiger partial charge < -0.3 is 14.6 Å². The molecule has 6 rings (SSSR count). The van der Waals surface area contributed by atoms with E-state index < -0.39 is 5.92 Å². The second kappa shape index (κ2) is 7.65. The highest BCUT2D eigenvalue weighted by Crippen LogP contribution is 2.30. The van der Waals surface area contributed by atoms with E-state index in [4.69, 9.17) is 14.7 Å². The number of benzene rings is 1. The fraction of sp³-hybridized carbons (Fsp3) is 0.435. The van der Waals surface area contributed by atoms with Gasteiger partial charge in [0.15, 0.2) is 5.65 Å². The summed E-state index contributed by atoms with van der Waals surface area (Å²) in [5, 5.41) is 3.33. The van der Waals surface area contributed by atoms with Crippen LogP contribution in [0.15, 0.2) is 42.7 Å². The van der Waals surface area contributed by atoms with E-state index in [9.17, 15) is 8.78 Å². The molecule has 0 aliphatic carbocycles. The van der Waals surface area contributed by atoms with Crippen molar-refractivity contribution in [2.75, 3.05) is 42.8 Å². The maximum atomic E-state index is 13.7. The monoisotopic (exact) mass is 453 g/mol. The molecule has 2 aliphatic rings. The normalized spacial score (nSPS) is 21.2. The Morgan fingerprint density at radius 1 is 1.06 bits per heavy atom. The van der Waals surface area contributed by atoms with Crippen molar-refractivity contribution in [3.8, 4) is 5.95 Å². The van der Waals surface area contributed by atoms with Gasteiger partial charge in [0, 0.05) is 37.5 Å². The number of hydrogen-bond acceptors (Lipinski definition) is 6. The molecule has 0 bridgehead atoms. The van der Waals surface area contributed by atoms with Gasteiger partial charge in [0.25, 0.3) is 5.92 Å². The highest BCUT2D eigenvalue weighted by molar-refractivity contribution is 5.82. The van der Waals surface area contributed by atoms with E-state index in [1.807, 2.05) is 27.9 Å². The zero-order valence-electron chi connectivity index (χ0n) is 18.4. The molecule has 2 aliphatic heterocycles. The molecule has 4 aromatic rings. The van der Waals surface area contributed by atoms with Gasteiger partial charge in [0.05, 0.1) is 37.5 Å². The Kier molecular flexibility index (Phi) is 4.72. The molecule has 0 radical (unpaired) electrons. The molecule has 1 aromatic carbocycles. The number of imidazole rings is 1. The second-order valence-electron chi connectivity index (χ2n) is 8.78. The Balaban J connectivity index is 1.51. The lowest BCUT2D eigenvalue weighted by Crippen LogP contribution is -2.51. The highest BCUT2D eigenvalue weighted by atomic mass is 19.3. The van der Waals surface area contributed by atoms with Crippen LogP contribution in [0.5, 0.6) is 0 Å². The van der Waals surface area contributed by atoms with Crippen LogP contribution < -0.4 is 9.91 Å². The summed E-state index contributed by atoms with van der Waals surface area (Å²) in [4.78, 5) is 16.1. The van der Waals surface area contributed by atoms with Crippen molar-refractivity contribution in [3.05, 3.63) is 42.7 Å². The van der Waals surface area contributed by atoms with E-state index in [0.29, 0.717) is 36.9 Å². The predicted molar refractivity (Wildman–Crippen MR) is 122 cm³/mol. The average molecular weight is 453 g/mol. The lowest BCUT2D eigenvalue weighted by Gasteiger charge is -2.36. The Bertz CT molecular complexity index is 1310. The molecule has 0 amide bonds. The zero-order chi connectivity index (χ0) is 22.6. The molecule has 2 saturated heterocycles. The number of ether oxygens (including phenoxy) is 1. The van der Waals surface area contributed by atoms with Crippen LogP contribution in [-0.2, 0) is 4.74 Å². The fourth-order valence-electron chi connectivity index (χ4n) is 4.69. The lowest BCUT2D eigenvalue weighted by molar-refractivity contribution is -0.0222. The number of morpholine rings is 1. The van der Waals surface area contributed by atoms with Crippen molar-refractivity contribution in [1.29, 1.82) is 0 Å². The van der Waals surface area contributed by atoms with Gasteiger partial charge in [0.2, 0.25) is 11.9 Å². The minimum Gasteiger partial charge on any atom is -0.377 e. The summed E-state index contributed by atoms with van der Waals surface area (Å²) >= 11 is 0. The SMILES string of the molecule is C[C@H]1COCCN1n1c(-n2ccc3ccccc32)nc2cnc(N3CCC(F)(F)CC3)nc21. The topological polar surface area (TPSA) is 64.2 Å². The van der Waals surface area contributed by atoms with Gasteiger partial charge in [-0.1, -0.05) is 18.2 Å². The first-order valence-electron chi connectivity index (χ1n) is 11.3. The van der Waals surface area contributed by atoms with Crippen LogP contribution in [-0.4, -0.2) is 69.0 Å². The highest BCUT2D eigenvalue weighted by Gasteiger charge is 2.35. The van der Waals surface area contributed by atoms with E-state index in [2.05, 4.69) is 39.7 Å². The van der Waals surface area contributed by atoms with Crippen molar-refractivity contribution >= 4 is 28.0 Å². The summed E-state index contributed by atoms with van der Waals surface area (Å²) in [6, 6.07) is 10.3. The quantitative estimate of drug-likeness (QED) is 0.474. The summed E-state index contributed by atoms with van der Waals surface area (Å²) in [6.07, 6.45) is 3.33. The van der Waals surface area contributed by atoms with Crippen LogP contribution >= 0.6 is 0 Å². The molecule has 10 heteroatoms. The lowest BCUT2D eigenvalue weighted by atomic mass is 10.1. The first kappa shape index (κ1) is 20.3. The Morgan fingerprint density at radius 2 is 1.88 bits per heavy atom. The third-order valence-electron chi connectivity index (χ3n) is 6.53. The fourth-order valence-corrected chi connectivity index (χ4v) is 4.69. The van der Waals surface area contributed by atoms with E-state index in [1.54, 1.807) is 6.20 Å². The first-order chi connectivity index (χ1) is 16.0. The number of para-hydroxylation sites is 1. The van der Waals surface area contributed by atoms with Crippen molar-refractivity contribution in [2.24, 2.45) is 0 Å². The molecule has 3 aromatic heterocycles. The predicted octanol–water partition coefficient (Wildman–Crippen LogP) is 3.36. The molecule has 0 spiro atoms. The number of anilines is 1. The van der Waals surface area contributed by atoms with Crippen molar-refractivity contribution in [1.82, 2.24) is 24.2 Å². The van der Waals surface area contributed by atoms with Crippen LogP contribution in [0, 0.1) is 0 Å². The number of halogens is 2. The van der Waals surface area contributed by atoms with Gasteiger partial charge >= 0.3 is 0 Å². The molecule has 0 saturated carbocycles. The molecule has 172 valence electrons. The van der Waals surface area contributed by atoms with E-state index >= 15 is 0 Å². The molecule has 0 unspecified atom stereocenters. The third-order valence-corrected chi connectivity index (χ3v) is 6.53. The van der Waals surface area contributed by atoms with Crippen LogP contribution in [0.2, 0.25) is 0 Å². The number of piperidine rings is 1. The van der Waals surface area contributed by atoms with Gasteiger partial charge in [-0.05, 0) is 19.1 Å². The van der Waals surface area contributed by atoms with Crippen LogP contribution in [0.3, 0.4) is 0 Å². The van der Waals surface area contributed by atoms with Crippen LogP contribution in [0.4, 0.5) is 14.7 Å². The summed E-state index contributed by atoms with van der Waals surface area (Å²) in [5.74, 6) is -1.44. The average Bonchev–Trinajstić information content (AvgIpc) is 3.40. The maximum absolute atomic E-state index is 13.7. The standard InChI is InChI=1S/C23H25F2N7O/c1-16-15-33-13-12-31(16)32-20-18(14-26-21(28-20)29-10-7-23(24,25)8-11-29)27-22(32)30-9-6-17-4-2-3-5-19(17)30/h2-6,9,14,16H,7-8,10-13,15H2,1H3/t16-/m0/s1. The van der Waals surface area contributed by atoms with Gasteiger partial charge in [-0.2, -0.15) is 4.98 Å². The Morgan fingerprint density at radius 3 is 2.70 bits per heavy atom. The summed E-state index contributed by atoms with van der Waals surface area (Å²) in [5.41, 5.74) is 2.37. The molecule has 2 fully saturated rings. The van der Waals surface area contributed by atoms with E-state index in [-0.39, 0.29) is 32.0 Å². The molecule has 0 N–H and O–H groups in total. The largest absolute Gasteiger partial charge is 0.377 e. The number of hydrogen-bond donors (Lipinski definition) is 0. The summed E-state index contributed by atoms with van der Waals surface area (Å²) < 4.78 is 37.1. The first-order valence-corrected chi connectivity index (χ1v) is 11.3. The summed E-state index contributed by atoms with van der Waals surface area (Å²) in [6.45, 7) is 4.47. The smallest absolute Gasteiger partial charge is 0.251 e. The number of alkyl halides is 2. The molecule has 8 nitrogen and oxygen atoms in total. The number of rotatable bonds is 3. The number of fused-ring (bicyclic) bond motifs is 2. The van der Waals surface area contributed by atoms with E-state index in [0.717, 1.165) is 16.9 Å². The maximum Gasteiger partial charge on any atom is 0.251 e. The Labute approximate surface area is 189 Å². The minimum atomic E-state index is -2.62. The van der Waals surface area contributed by atoms with Crippen LogP contribution in [0.1, 0.15) is 19.8 Å². The molecular formula is C23H25F2N7O. The second-order valence-corrected chi connectivity index (χ2v) is 8.78. The molecule has 5 heterocycles. The minimum absolute atomic E-state index is 0.115.